The van der Waals surface area contributed by atoms with Crippen molar-refractivity contribution in [3.05, 3.63) is 0 Å². The molecule has 0 unspecified atom stereocenters. The maximum absolute atomic E-state index is 11.4. The third kappa shape index (κ3) is 7.54. The van der Waals surface area contributed by atoms with Gasteiger partial charge in [0.1, 0.15) is 11.6 Å². The quantitative estimate of drug-likeness (QED) is 0.802. The van der Waals surface area contributed by atoms with Crippen molar-refractivity contribution in [2.45, 2.75) is 52.7 Å². The number of alkyl carbamates (subject to hydrolysis) is 1. The zero-order chi connectivity index (χ0) is 12.9. The number of hydrogen-bond donors (Lipinski definition) is 2. The monoisotopic (exact) mass is 251 g/mol. The predicted octanol–water partition coefficient (Wildman–Crippen LogP) is 2.16. The van der Waals surface area contributed by atoms with Crippen molar-refractivity contribution in [3.8, 4) is 0 Å². The summed E-state index contributed by atoms with van der Waals surface area (Å²) in [5, 5.41) is 11.3. The first kappa shape index (κ1) is 18.0. The highest BCUT2D eigenvalue weighted by atomic mass is 19.0. The third-order valence-electron chi connectivity index (χ3n) is 2.15. The summed E-state index contributed by atoms with van der Waals surface area (Å²) in [7, 11) is 0. The summed E-state index contributed by atoms with van der Waals surface area (Å²) in [6.45, 7) is 8.83. The molecule has 0 aromatic rings. The van der Waals surface area contributed by atoms with Gasteiger partial charge in [-0.1, -0.05) is 20.3 Å². The lowest BCUT2D eigenvalue weighted by atomic mass is 10.00. The molecule has 0 saturated heterocycles. The van der Waals surface area contributed by atoms with Gasteiger partial charge in [-0.3, -0.25) is 4.70 Å². The maximum atomic E-state index is 11.4. The van der Waals surface area contributed by atoms with Crippen LogP contribution in [0.25, 0.3) is 0 Å². The largest absolute Gasteiger partial charge is 0.480 e. The zero-order valence-corrected chi connectivity index (χ0v) is 10.9. The number of carboxylic acids is 1. The SMILES string of the molecule is CC[C@H](C)[C@H](NC(=O)OC(C)(C)C)C(=O)O.F. The summed E-state index contributed by atoms with van der Waals surface area (Å²) in [5.74, 6) is -1.18. The molecule has 2 N–H and O–H groups in total. The number of rotatable bonds is 4. The van der Waals surface area contributed by atoms with Crippen molar-refractivity contribution < 1.29 is 24.1 Å². The van der Waals surface area contributed by atoms with Gasteiger partial charge in [0, 0.05) is 0 Å². The number of aliphatic carboxylic acids is 1. The van der Waals surface area contributed by atoms with Crippen molar-refractivity contribution in [2.75, 3.05) is 0 Å². The number of ether oxygens (including phenoxy) is 1. The minimum atomic E-state index is -1.04. The van der Waals surface area contributed by atoms with Gasteiger partial charge in [0.2, 0.25) is 0 Å². The van der Waals surface area contributed by atoms with Crippen LogP contribution in [0.5, 0.6) is 0 Å². The van der Waals surface area contributed by atoms with Gasteiger partial charge in [-0.05, 0) is 26.7 Å². The van der Waals surface area contributed by atoms with Crippen LogP contribution in [-0.2, 0) is 9.53 Å². The lowest BCUT2D eigenvalue weighted by Crippen LogP contribution is -2.46. The van der Waals surface area contributed by atoms with E-state index in [2.05, 4.69) is 5.32 Å². The maximum Gasteiger partial charge on any atom is 0.408 e. The standard InChI is InChI=1S/C11H21NO4.FH/c1-6-7(2)8(9(13)14)12-10(15)16-11(3,4)5;/h7-8H,6H2,1-5H3,(H,12,15)(H,13,14);1H/t7-,8-;/m0./s1. The molecule has 0 aromatic heterocycles. The lowest BCUT2D eigenvalue weighted by molar-refractivity contribution is -0.140. The van der Waals surface area contributed by atoms with E-state index < -0.39 is 23.7 Å². The van der Waals surface area contributed by atoms with E-state index in [9.17, 15) is 9.59 Å². The second-order valence-corrected chi connectivity index (χ2v) is 4.85. The van der Waals surface area contributed by atoms with Crippen molar-refractivity contribution in [2.24, 2.45) is 5.92 Å². The molecule has 0 rings (SSSR count). The first-order valence-corrected chi connectivity index (χ1v) is 5.39. The highest BCUT2D eigenvalue weighted by Gasteiger charge is 2.27. The molecule has 0 saturated carbocycles. The minimum Gasteiger partial charge on any atom is -0.480 e. The van der Waals surface area contributed by atoms with E-state index in [4.69, 9.17) is 9.84 Å². The average Bonchev–Trinajstić information content (AvgIpc) is 2.09. The Morgan fingerprint density at radius 1 is 1.35 bits per heavy atom. The van der Waals surface area contributed by atoms with Gasteiger partial charge < -0.3 is 15.2 Å². The molecule has 6 heteroatoms. The van der Waals surface area contributed by atoms with E-state index >= 15 is 0 Å². The summed E-state index contributed by atoms with van der Waals surface area (Å²) in [6, 6.07) is -0.903. The molecule has 0 aliphatic rings. The molecule has 0 heterocycles. The van der Waals surface area contributed by atoms with E-state index in [1.165, 1.54) is 0 Å². The lowest BCUT2D eigenvalue weighted by Gasteiger charge is -2.24. The van der Waals surface area contributed by atoms with Gasteiger partial charge in [0.15, 0.2) is 0 Å². The molecule has 0 aliphatic carbocycles. The van der Waals surface area contributed by atoms with Crippen LogP contribution in [0.4, 0.5) is 9.50 Å². The molecular formula is C11H22FNO4. The van der Waals surface area contributed by atoms with E-state index in [1.54, 1.807) is 27.7 Å². The van der Waals surface area contributed by atoms with Crippen LogP contribution in [-0.4, -0.2) is 28.8 Å². The van der Waals surface area contributed by atoms with Crippen LogP contribution < -0.4 is 5.32 Å². The fourth-order valence-corrected chi connectivity index (χ4v) is 1.12. The van der Waals surface area contributed by atoms with Crippen LogP contribution >= 0.6 is 0 Å². The molecule has 102 valence electrons. The number of carboxylic acid groups (broad SMARTS) is 1. The van der Waals surface area contributed by atoms with Crippen LogP contribution in [0.3, 0.4) is 0 Å². The van der Waals surface area contributed by atoms with Gasteiger partial charge in [0.25, 0.3) is 0 Å². The molecule has 5 nitrogen and oxygen atoms in total. The number of carbonyl (C=O) groups excluding carboxylic acids is 1. The normalized spacial score (nSPS) is 14.2. The van der Waals surface area contributed by atoms with Crippen LogP contribution in [0.2, 0.25) is 0 Å². The van der Waals surface area contributed by atoms with E-state index in [0.29, 0.717) is 6.42 Å². The summed E-state index contributed by atoms with van der Waals surface area (Å²) < 4.78 is 5.00. The summed E-state index contributed by atoms with van der Waals surface area (Å²) in [6.07, 6.45) is -0.0209. The predicted molar refractivity (Wildman–Crippen MR) is 62.8 cm³/mol. The van der Waals surface area contributed by atoms with Gasteiger partial charge in [-0.2, -0.15) is 0 Å². The highest BCUT2D eigenvalue weighted by molar-refractivity contribution is 5.80. The Bertz CT molecular complexity index is 263. The summed E-state index contributed by atoms with van der Waals surface area (Å²) in [4.78, 5) is 22.3. The van der Waals surface area contributed by atoms with Crippen LogP contribution in [0, 0.1) is 5.92 Å². The molecule has 1 amide bonds. The Morgan fingerprint density at radius 2 is 1.82 bits per heavy atom. The van der Waals surface area contributed by atoms with E-state index in [1.807, 2.05) is 6.92 Å². The first-order valence-electron chi connectivity index (χ1n) is 5.39. The van der Waals surface area contributed by atoms with Gasteiger partial charge in [-0.25, -0.2) is 9.59 Å². The first-order chi connectivity index (χ1) is 7.17. The Kier molecular flexibility index (Phi) is 7.52. The smallest absolute Gasteiger partial charge is 0.408 e. The van der Waals surface area contributed by atoms with Gasteiger partial charge in [-0.15, -0.1) is 0 Å². The number of hydrogen-bond acceptors (Lipinski definition) is 3. The molecular weight excluding hydrogens is 229 g/mol. The Hall–Kier alpha value is -1.33. The Balaban J connectivity index is 0. The molecule has 0 bridgehead atoms. The van der Waals surface area contributed by atoms with Crippen molar-refractivity contribution in [3.63, 3.8) is 0 Å². The second kappa shape index (κ2) is 7.09. The summed E-state index contributed by atoms with van der Waals surface area (Å²) in [5.41, 5.74) is -0.622. The average molecular weight is 251 g/mol. The van der Waals surface area contributed by atoms with Crippen molar-refractivity contribution >= 4 is 12.1 Å². The van der Waals surface area contributed by atoms with Crippen LogP contribution in [0.15, 0.2) is 0 Å². The fraction of sp³-hybridized carbons (Fsp3) is 0.818. The second-order valence-electron chi connectivity index (χ2n) is 4.85. The number of halogens is 1. The zero-order valence-electron chi connectivity index (χ0n) is 10.9. The molecule has 0 radical (unpaired) electrons. The van der Waals surface area contributed by atoms with Gasteiger partial charge in [0.05, 0.1) is 0 Å². The van der Waals surface area contributed by atoms with Crippen molar-refractivity contribution in [1.82, 2.24) is 5.32 Å². The molecule has 0 spiro atoms. The van der Waals surface area contributed by atoms with Crippen LogP contribution in [0.1, 0.15) is 41.0 Å². The number of amides is 1. The van der Waals surface area contributed by atoms with Crippen molar-refractivity contribution in [1.29, 1.82) is 0 Å². The Morgan fingerprint density at radius 3 is 2.12 bits per heavy atom. The summed E-state index contributed by atoms with van der Waals surface area (Å²) >= 11 is 0. The Labute approximate surface area is 101 Å². The van der Waals surface area contributed by atoms with Gasteiger partial charge >= 0.3 is 12.1 Å². The molecule has 0 aromatic carbocycles. The third-order valence-corrected chi connectivity index (χ3v) is 2.15. The molecule has 0 aliphatic heterocycles. The number of carbonyl (C=O) groups is 2. The van der Waals surface area contributed by atoms with E-state index in [0.717, 1.165) is 0 Å². The molecule has 17 heavy (non-hydrogen) atoms. The fourth-order valence-electron chi connectivity index (χ4n) is 1.12. The number of nitrogens with one attached hydrogen (secondary N) is 1. The molecule has 2 atom stereocenters. The van der Waals surface area contributed by atoms with E-state index in [-0.39, 0.29) is 10.6 Å². The molecule has 0 fully saturated rings. The highest BCUT2D eigenvalue weighted by Crippen LogP contribution is 2.11. The topological polar surface area (TPSA) is 75.6 Å². The minimum absolute atomic E-state index is 0.